The van der Waals surface area contributed by atoms with Crippen molar-refractivity contribution in [2.45, 2.75) is 26.9 Å². The maximum absolute atomic E-state index is 12.7. The van der Waals surface area contributed by atoms with Crippen molar-refractivity contribution in [1.82, 2.24) is 4.90 Å². The molecule has 1 aliphatic rings. The number of nitrogens with zero attached hydrogens (tertiary/aromatic N) is 1. The van der Waals surface area contributed by atoms with E-state index in [-0.39, 0.29) is 22.5 Å². The number of carbonyl (C=O) groups is 4. The van der Waals surface area contributed by atoms with Gasteiger partial charge in [0.1, 0.15) is 6.54 Å². The first-order valence-electron chi connectivity index (χ1n) is 10.2. The van der Waals surface area contributed by atoms with Gasteiger partial charge in [0, 0.05) is 0 Å². The molecule has 2 amide bonds. The molecular formula is C24H22BrNO7S. The Morgan fingerprint density at radius 3 is 2.44 bits per heavy atom. The molecule has 0 aliphatic carbocycles. The van der Waals surface area contributed by atoms with Crippen LogP contribution in [0.2, 0.25) is 0 Å². The molecular weight excluding hydrogens is 526 g/mol. The molecule has 3 rings (SSSR count). The number of methoxy groups -OCH3 is 1. The van der Waals surface area contributed by atoms with Crippen molar-refractivity contribution in [3.8, 4) is 11.5 Å². The average molecular weight is 548 g/mol. The molecule has 2 aromatic carbocycles. The van der Waals surface area contributed by atoms with Crippen LogP contribution in [0.25, 0.3) is 6.08 Å². The second-order valence-corrected chi connectivity index (χ2v) is 9.44. The molecule has 1 aliphatic heterocycles. The highest BCUT2D eigenvalue weighted by Gasteiger charge is 2.37. The summed E-state index contributed by atoms with van der Waals surface area (Å²) in [7, 11) is 1.42. The highest BCUT2D eigenvalue weighted by atomic mass is 79.9. The van der Waals surface area contributed by atoms with Crippen LogP contribution < -0.4 is 9.47 Å². The largest absolute Gasteiger partial charge is 0.493 e. The third-order valence-corrected chi connectivity index (χ3v) is 6.06. The Morgan fingerprint density at radius 1 is 1.15 bits per heavy atom. The lowest BCUT2D eigenvalue weighted by Crippen LogP contribution is -2.35. The van der Waals surface area contributed by atoms with Crippen LogP contribution in [0, 0.1) is 6.92 Å². The molecule has 0 spiro atoms. The van der Waals surface area contributed by atoms with Gasteiger partial charge in [-0.3, -0.25) is 19.3 Å². The van der Waals surface area contributed by atoms with Gasteiger partial charge in [0.25, 0.3) is 11.1 Å². The first kappa shape index (κ1) is 25.5. The number of ether oxygens (including phenoxy) is 3. The quantitative estimate of drug-likeness (QED) is 0.272. The SMILES string of the molecule is COc1cc(/C=C2\SC(=O)N(CC(=O)OC(C)C)C2=O)cc(Br)c1OC(=O)c1ccc(C)cc1. The topological polar surface area (TPSA) is 99.2 Å². The summed E-state index contributed by atoms with van der Waals surface area (Å²) in [5, 5.41) is -0.563. The lowest BCUT2D eigenvalue weighted by molar-refractivity contribution is -0.149. The summed E-state index contributed by atoms with van der Waals surface area (Å²) in [6.45, 7) is 4.82. The van der Waals surface area contributed by atoms with E-state index in [4.69, 9.17) is 14.2 Å². The molecule has 0 radical (unpaired) electrons. The van der Waals surface area contributed by atoms with E-state index >= 15 is 0 Å². The predicted molar refractivity (Wildman–Crippen MR) is 131 cm³/mol. The van der Waals surface area contributed by atoms with Gasteiger partial charge in [-0.25, -0.2) is 4.79 Å². The molecule has 178 valence electrons. The highest BCUT2D eigenvalue weighted by Crippen LogP contribution is 2.39. The Balaban J connectivity index is 1.81. The number of thioether (sulfide) groups is 1. The Hall–Kier alpha value is -3.11. The second-order valence-electron chi connectivity index (χ2n) is 7.60. The molecule has 0 atom stereocenters. The Morgan fingerprint density at radius 2 is 1.82 bits per heavy atom. The number of benzene rings is 2. The smallest absolute Gasteiger partial charge is 0.343 e. The fourth-order valence-electron chi connectivity index (χ4n) is 2.98. The van der Waals surface area contributed by atoms with Crippen LogP contribution in [0.5, 0.6) is 11.5 Å². The normalized spacial score (nSPS) is 14.6. The maximum Gasteiger partial charge on any atom is 0.343 e. The number of aryl methyl sites for hydroxylation is 1. The number of rotatable bonds is 7. The van der Waals surface area contributed by atoms with Crippen LogP contribution in [-0.2, 0) is 14.3 Å². The predicted octanol–water partition coefficient (Wildman–Crippen LogP) is 4.97. The fraction of sp³-hybridized carbons (Fsp3) is 0.250. The van der Waals surface area contributed by atoms with Crippen LogP contribution in [0.4, 0.5) is 4.79 Å². The third kappa shape index (κ3) is 6.06. The van der Waals surface area contributed by atoms with Crippen LogP contribution >= 0.6 is 27.7 Å². The molecule has 10 heteroatoms. The zero-order valence-electron chi connectivity index (χ0n) is 18.9. The van der Waals surface area contributed by atoms with Gasteiger partial charge in [-0.2, -0.15) is 0 Å². The van der Waals surface area contributed by atoms with Crippen molar-refractivity contribution in [1.29, 1.82) is 0 Å². The molecule has 0 aromatic heterocycles. The Bertz CT molecular complexity index is 1170. The van der Waals surface area contributed by atoms with E-state index in [1.54, 1.807) is 38.1 Å². The molecule has 0 bridgehead atoms. The van der Waals surface area contributed by atoms with Gasteiger partial charge in [-0.05, 0) is 84.4 Å². The van der Waals surface area contributed by atoms with Crippen molar-refractivity contribution in [3.05, 3.63) is 62.5 Å². The van der Waals surface area contributed by atoms with Gasteiger partial charge in [0.2, 0.25) is 0 Å². The van der Waals surface area contributed by atoms with Gasteiger partial charge in [0.15, 0.2) is 11.5 Å². The number of halogens is 1. The summed E-state index contributed by atoms with van der Waals surface area (Å²) in [4.78, 5) is 50.3. The first-order chi connectivity index (χ1) is 16.1. The molecule has 34 heavy (non-hydrogen) atoms. The van der Waals surface area contributed by atoms with Crippen LogP contribution in [-0.4, -0.2) is 47.7 Å². The van der Waals surface area contributed by atoms with Crippen molar-refractivity contribution >= 4 is 56.9 Å². The second kappa shape index (κ2) is 10.9. The number of carbonyl (C=O) groups excluding carboxylic acids is 4. The van der Waals surface area contributed by atoms with Gasteiger partial charge in [0.05, 0.1) is 28.2 Å². The summed E-state index contributed by atoms with van der Waals surface area (Å²) < 4.78 is 16.3. The Kier molecular flexibility index (Phi) is 8.16. The zero-order chi connectivity index (χ0) is 25.0. The maximum atomic E-state index is 12.7. The van der Waals surface area contributed by atoms with Crippen LogP contribution in [0.1, 0.15) is 35.3 Å². The molecule has 0 N–H and O–H groups in total. The minimum absolute atomic E-state index is 0.140. The summed E-state index contributed by atoms with van der Waals surface area (Å²) in [6.07, 6.45) is 1.14. The zero-order valence-corrected chi connectivity index (χ0v) is 21.3. The number of hydrogen-bond acceptors (Lipinski definition) is 8. The van der Waals surface area contributed by atoms with Crippen molar-refractivity contribution in [2.24, 2.45) is 0 Å². The molecule has 0 unspecified atom stereocenters. The number of imide groups is 1. The molecule has 1 saturated heterocycles. The van der Waals surface area contributed by atoms with E-state index in [1.165, 1.54) is 13.2 Å². The fourth-order valence-corrected chi connectivity index (χ4v) is 4.36. The van der Waals surface area contributed by atoms with E-state index in [1.807, 2.05) is 19.1 Å². The van der Waals surface area contributed by atoms with Crippen LogP contribution in [0.3, 0.4) is 0 Å². The Labute approximate surface area is 209 Å². The van der Waals surface area contributed by atoms with Crippen molar-refractivity contribution in [3.63, 3.8) is 0 Å². The minimum Gasteiger partial charge on any atom is -0.493 e. The highest BCUT2D eigenvalue weighted by molar-refractivity contribution is 9.10. The van der Waals surface area contributed by atoms with E-state index in [9.17, 15) is 19.2 Å². The standard InChI is InChI=1S/C24H22BrNO7S/c1-13(2)32-20(27)12-26-22(28)19(34-24(26)30)11-15-9-17(25)21(18(10-15)31-4)33-23(29)16-7-5-14(3)6-8-16/h5-11,13H,12H2,1-4H3/b19-11-. The molecule has 1 fully saturated rings. The molecule has 8 nitrogen and oxygen atoms in total. The van der Waals surface area contributed by atoms with Crippen molar-refractivity contribution in [2.75, 3.05) is 13.7 Å². The summed E-state index contributed by atoms with van der Waals surface area (Å²) in [5.74, 6) is -1.39. The van der Waals surface area contributed by atoms with E-state index < -0.39 is 29.6 Å². The van der Waals surface area contributed by atoms with E-state index in [0.717, 1.165) is 22.2 Å². The van der Waals surface area contributed by atoms with Gasteiger partial charge in [-0.1, -0.05) is 17.7 Å². The number of esters is 2. The van der Waals surface area contributed by atoms with Crippen molar-refractivity contribution < 1.29 is 33.4 Å². The lowest BCUT2D eigenvalue weighted by Gasteiger charge is -2.13. The summed E-state index contributed by atoms with van der Waals surface area (Å²) in [5.41, 5.74) is 1.92. The lowest BCUT2D eigenvalue weighted by atomic mass is 10.1. The third-order valence-electron chi connectivity index (χ3n) is 4.56. The molecule has 1 heterocycles. The first-order valence-corrected chi connectivity index (χ1v) is 11.8. The average Bonchev–Trinajstić information content (AvgIpc) is 3.02. The minimum atomic E-state index is -0.664. The number of hydrogen-bond donors (Lipinski definition) is 0. The van der Waals surface area contributed by atoms with Gasteiger partial charge < -0.3 is 14.2 Å². The summed E-state index contributed by atoms with van der Waals surface area (Å²) in [6, 6.07) is 10.1. The monoisotopic (exact) mass is 547 g/mol. The van der Waals surface area contributed by atoms with E-state index in [2.05, 4.69) is 15.9 Å². The van der Waals surface area contributed by atoms with E-state index in [0.29, 0.717) is 15.6 Å². The number of amides is 2. The molecule has 0 saturated carbocycles. The van der Waals surface area contributed by atoms with Gasteiger partial charge in [-0.15, -0.1) is 0 Å². The molecule has 2 aromatic rings. The van der Waals surface area contributed by atoms with Gasteiger partial charge >= 0.3 is 11.9 Å². The van der Waals surface area contributed by atoms with Crippen LogP contribution in [0.15, 0.2) is 45.8 Å². The summed E-state index contributed by atoms with van der Waals surface area (Å²) >= 11 is 4.10.